The van der Waals surface area contributed by atoms with E-state index in [0.29, 0.717) is 30.3 Å². The number of carbonyl (C=O) groups excluding carboxylic acids is 4. The van der Waals surface area contributed by atoms with Crippen molar-refractivity contribution in [3.05, 3.63) is 89.7 Å². The minimum absolute atomic E-state index is 0. The van der Waals surface area contributed by atoms with Gasteiger partial charge in [0.2, 0.25) is 5.82 Å². The number of anilines is 5. The van der Waals surface area contributed by atoms with E-state index in [9.17, 15) is 50.7 Å². The Morgan fingerprint density at radius 2 is 1.25 bits per heavy atom. The summed E-state index contributed by atoms with van der Waals surface area (Å²) in [6.45, 7) is 1.75. The molecule has 4 aromatic rings. The first kappa shape index (κ1) is 43.4. The molecule has 1 unspecified atom stereocenters. The molecule has 60 heavy (non-hydrogen) atoms. The zero-order valence-corrected chi connectivity index (χ0v) is 31.0. The molecule has 0 aromatic carbocycles. The van der Waals surface area contributed by atoms with Crippen LogP contribution in [0.1, 0.15) is 66.9 Å². The lowest BCUT2D eigenvalue weighted by Crippen LogP contribution is -2.53. The number of quaternary nitrogens is 1. The molecule has 4 aromatic heterocycles. The maximum absolute atomic E-state index is 13.1. The molecule has 3 atom stereocenters. The molecular formula is C39H40F6N10O5. The molecule has 4 bridgehead atoms. The molecule has 8 heterocycles. The number of amides is 4. The number of fused-ring (bicyclic) bond motifs is 8. The first-order chi connectivity index (χ1) is 28.0. The lowest BCUT2D eigenvalue weighted by molar-refractivity contribution is -0.134. The number of alkyl halides is 6. The van der Waals surface area contributed by atoms with Crippen LogP contribution in [-0.2, 0) is 0 Å². The highest BCUT2D eigenvalue weighted by Crippen LogP contribution is 2.44. The Morgan fingerprint density at radius 3 is 1.78 bits per heavy atom. The number of aromatic nitrogens is 4. The van der Waals surface area contributed by atoms with Gasteiger partial charge < -0.3 is 14.8 Å². The smallest absolute Gasteiger partial charge is 0.389 e. The van der Waals surface area contributed by atoms with E-state index in [0.717, 1.165) is 13.0 Å². The average Bonchev–Trinajstić information content (AvgIpc) is 3.77. The summed E-state index contributed by atoms with van der Waals surface area (Å²) in [5, 5.41) is 18.5. The van der Waals surface area contributed by atoms with Crippen molar-refractivity contribution >= 4 is 58.3 Å². The van der Waals surface area contributed by atoms with Crippen LogP contribution >= 0.6 is 0 Å². The Labute approximate surface area is 339 Å². The number of nitrogens with one attached hydrogen (secondary N) is 2. The van der Waals surface area contributed by atoms with Gasteiger partial charge in [-0.05, 0) is 48.9 Å². The fourth-order valence-electron chi connectivity index (χ4n) is 7.44. The molecule has 15 nitrogen and oxygen atoms in total. The Balaban J connectivity index is 0.000000198. The average molecular weight is 843 g/mol. The first-order valence-electron chi connectivity index (χ1n) is 18.6. The predicted molar refractivity (Wildman–Crippen MR) is 210 cm³/mol. The first-order valence-corrected chi connectivity index (χ1v) is 18.6. The molecule has 0 spiro atoms. The van der Waals surface area contributed by atoms with E-state index in [-0.39, 0.29) is 55.3 Å². The standard InChI is InChI=1S/C19H18F3N5O3.C19H18F3N5O2.CH4/c20-19(21,22)8-6-15(28)13-4-5-14-17(24-13)26(12-7-10-27(14,30)11-12)18(29)25-16-3-1-2-9-23-16;20-19(21,22)8-6-15(28)13-4-5-14-17(24-13)27(12-7-10-26(14)11-12)18(29)25-16-3-1-2-9-23-16;/h1-5,9,12H,6-8,10-11H2,(H,23,25,29);1-5,9,12H,6-8,10-11H2,(H,23,25,29);1H4/t12-,27?;12-;/m00./s1. The molecule has 318 valence electrons. The number of ketones is 2. The normalized spacial score (nSPS) is 19.9. The third kappa shape index (κ3) is 9.63. The van der Waals surface area contributed by atoms with Gasteiger partial charge >= 0.3 is 24.4 Å². The van der Waals surface area contributed by atoms with E-state index in [1.807, 2.05) is 0 Å². The zero-order valence-electron chi connectivity index (χ0n) is 31.0. The van der Waals surface area contributed by atoms with Gasteiger partial charge in [0.15, 0.2) is 23.1 Å². The van der Waals surface area contributed by atoms with E-state index >= 15 is 0 Å². The van der Waals surface area contributed by atoms with Crippen LogP contribution in [0.5, 0.6) is 0 Å². The number of hydroxylamine groups is 2. The number of halogens is 6. The monoisotopic (exact) mass is 842 g/mol. The summed E-state index contributed by atoms with van der Waals surface area (Å²) in [5.41, 5.74) is 0.614. The van der Waals surface area contributed by atoms with Gasteiger partial charge in [-0.25, -0.2) is 29.5 Å². The van der Waals surface area contributed by atoms with E-state index in [2.05, 4.69) is 35.5 Å². The number of hydrogen-bond acceptors (Lipinski definition) is 10. The highest BCUT2D eigenvalue weighted by molar-refractivity contribution is 6.06. The summed E-state index contributed by atoms with van der Waals surface area (Å²) < 4.78 is 74.0. The second kappa shape index (κ2) is 17.2. The summed E-state index contributed by atoms with van der Waals surface area (Å²) >= 11 is 0. The lowest BCUT2D eigenvalue weighted by Gasteiger charge is -2.44. The third-order valence-electron chi connectivity index (χ3n) is 10.2. The topological polar surface area (TPSA) is 177 Å². The highest BCUT2D eigenvalue weighted by atomic mass is 19.4. The number of carbonyl (C=O) groups is 4. The van der Waals surface area contributed by atoms with Crippen molar-refractivity contribution < 1.29 is 45.5 Å². The summed E-state index contributed by atoms with van der Waals surface area (Å²) in [4.78, 5) is 71.7. The summed E-state index contributed by atoms with van der Waals surface area (Å²) in [6.07, 6.45) is -8.56. The van der Waals surface area contributed by atoms with Crippen molar-refractivity contribution in [3.63, 3.8) is 0 Å². The van der Waals surface area contributed by atoms with Crippen LogP contribution in [0.4, 0.5) is 70.6 Å². The number of pyridine rings is 4. The molecule has 8 rings (SSSR count). The molecular weight excluding hydrogens is 802 g/mol. The van der Waals surface area contributed by atoms with Gasteiger partial charge in [0, 0.05) is 50.8 Å². The second-order valence-corrected chi connectivity index (χ2v) is 14.3. The molecule has 2 N–H and O–H groups in total. The number of urea groups is 2. The van der Waals surface area contributed by atoms with Crippen molar-refractivity contribution in [3.8, 4) is 0 Å². The van der Waals surface area contributed by atoms with Gasteiger partial charge in [0.25, 0.3) is 0 Å². The van der Waals surface area contributed by atoms with Gasteiger partial charge in [0.1, 0.15) is 29.6 Å². The van der Waals surface area contributed by atoms with Gasteiger partial charge in [-0.15, -0.1) is 0 Å². The van der Waals surface area contributed by atoms with Gasteiger partial charge in [-0.3, -0.25) is 30.0 Å². The zero-order chi connectivity index (χ0) is 42.1. The minimum Gasteiger partial charge on any atom is -0.627 e. The number of rotatable bonds is 8. The molecule has 4 aliphatic heterocycles. The van der Waals surface area contributed by atoms with Crippen LogP contribution in [0.15, 0.2) is 73.1 Å². The van der Waals surface area contributed by atoms with Crippen molar-refractivity contribution in [2.75, 3.05) is 51.5 Å². The molecule has 0 saturated carbocycles. The van der Waals surface area contributed by atoms with E-state index < -0.39 is 72.4 Å². The number of hydrogen-bond donors (Lipinski definition) is 2. The Kier molecular flexibility index (Phi) is 12.4. The Hall–Kier alpha value is -6.22. The van der Waals surface area contributed by atoms with Crippen LogP contribution < -0.4 is 30.0 Å². The van der Waals surface area contributed by atoms with Crippen LogP contribution in [-0.4, -0.2) is 94.2 Å². The minimum atomic E-state index is -4.46. The lowest BCUT2D eigenvalue weighted by atomic mass is 10.1. The molecule has 21 heteroatoms. The highest BCUT2D eigenvalue weighted by Gasteiger charge is 2.48. The fraction of sp³-hybridized carbons (Fsp3) is 0.385. The third-order valence-corrected chi connectivity index (χ3v) is 10.2. The molecule has 2 fully saturated rings. The van der Waals surface area contributed by atoms with Gasteiger partial charge in [-0.1, -0.05) is 19.6 Å². The van der Waals surface area contributed by atoms with Gasteiger partial charge in [0.05, 0.1) is 37.2 Å². The Bertz CT molecular complexity index is 2230. The predicted octanol–water partition coefficient (Wildman–Crippen LogP) is 7.90. The van der Waals surface area contributed by atoms with Crippen LogP contribution in [0, 0.1) is 5.21 Å². The van der Waals surface area contributed by atoms with Gasteiger partial charge in [-0.2, -0.15) is 26.3 Å². The molecule has 0 radical (unpaired) electrons. The summed E-state index contributed by atoms with van der Waals surface area (Å²) in [6, 6.07) is 14.2. The summed E-state index contributed by atoms with van der Waals surface area (Å²) in [7, 11) is 0. The fourth-order valence-corrected chi connectivity index (χ4v) is 7.44. The quantitative estimate of drug-likeness (QED) is 0.0768. The maximum Gasteiger partial charge on any atom is 0.389 e. The number of Topliss-reactive ketones (excluding diaryl/α,β-unsaturated/α-hetero) is 2. The maximum atomic E-state index is 13.1. The van der Waals surface area contributed by atoms with E-state index in [1.165, 1.54) is 34.2 Å². The molecule has 4 amide bonds. The van der Waals surface area contributed by atoms with Crippen molar-refractivity contribution in [1.29, 1.82) is 0 Å². The van der Waals surface area contributed by atoms with Crippen molar-refractivity contribution in [2.45, 2.75) is 70.4 Å². The van der Waals surface area contributed by atoms with E-state index in [1.54, 1.807) is 48.7 Å². The van der Waals surface area contributed by atoms with Crippen molar-refractivity contribution in [1.82, 2.24) is 24.6 Å². The van der Waals surface area contributed by atoms with Crippen LogP contribution in [0.25, 0.3) is 0 Å². The van der Waals surface area contributed by atoms with Crippen LogP contribution in [0.2, 0.25) is 0 Å². The van der Waals surface area contributed by atoms with E-state index in [4.69, 9.17) is 0 Å². The van der Waals surface area contributed by atoms with Crippen molar-refractivity contribution in [2.24, 2.45) is 0 Å². The largest absolute Gasteiger partial charge is 0.627 e. The molecule has 2 saturated heterocycles. The molecule has 4 aliphatic rings. The van der Waals surface area contributed by atoms with Crippen LogP contribution in [0.3, 0.4) is 0 Å². The summed E-state index contributed by atoms with van der Waals surface area (Å²) in [5.74, 6) is -0.548. The second-order valence-electron chi connectivity index (χ2n) is 14.3. The number of nitrogens with zero attached hydrogens (tertiary/aromatic N) is 8. The SMILES string of the molecule is C.O=C(CCC(F)(F)F)c1ccc2c(n1)N(C(=O)Nc1ccccn1)[C@H]1CCN2C1.O=C(CCC(F)(F)F)c1ccc2c(n1)N(C(=O)Nc1ccccn1)[C@H]1CC[N+]2([O-])C1. The Morgan fingerprint density at radius 1 is 0.717 bits per heavy atom. The molecule has 0 aliphatic carbocycles.